The smallest absolute Gasteiger partial charge is 0.310 e. The second kappa shape index (κ2) is 4.50. The van der Waals surface area contributed by atoms with Gasteiger partial charge in [-0.2, -0.15) is 0 Å². The van der Waals surface area contributed by atoms with E-state index in [1.165, 1.54) is 0 Å². The number of ketones is 1. The van der Waals surface area contributed by atoms with E-state index in [-0.39, 0.29) is 11.7 Å². The molecule has 1 saturated carbocycles. The van der Waals surface area contributed by atoms with Gasteiger partial charge in [0.1, 0.15) is 0 Å². The molecule has 0 saturated heterocycles. The van der Waals surface area contributed by atoms with Crippen LogP contribution in [-0.4, -0.2) is 16.9 Å². The Bertz CT molecular complexity index is 596. The predicted molar refractivity (Wildman–Crippen MR) is 70.8 cm³/mol. The summed E-state index contributed by atoms with van der Waals surface area (Å²) in [5.74, 6) is -1.17. The Hall–Kier alpha value is -2.16. The van der Waals surface area contributed by atoms with E-state index < -0.39 is 11.9 Å². The zero-order valence-electron chi connectivity index (χ0n) is 10.4. The Morgan fingerprint density at radius 2 is 1.79 bits per heavy atom. The molecule has 1 fully saturated rings. The maximum atomic E-state index is 12.4. The van der Waals surface area contributed by atoms with Crippen molar-refractivity contribution in [3.8, 4) is 0 Å². The van der Waals surface area contributed by atoms with Gasteiger partial charge in [-0.15, -0.1) is 0 Å². The van der Waals surface area contributed by atoms with Crippen LogP contribution in [0.25, 0.3) is 0 Å². The zero-order valence-corrected chi connectivity index (χ0v) is 10.4. The third-order valence-corrected chi connectivity index (χ3v) is 3.98. The summed E-state index contributed by atoms with van der Waals surface area (Å²) < 4.78 is 0. The van der Waals surface area contributed by atoms with E-state index in [2.05, 4.69) is 0 Å². The summed E-state index contributed by atoms with van der Waals surface area (Å²) in [6.45, 7) is 0. The zero-order chi connectivity index (χ0) is 13.4. The SMILES string of the molecule is O=C(C1=CC=C2C(C(=O)O)CCC12)c1ccccc1. The molecule has 0 spiro atoms. The third kappa shape index (κ3) is 1.91. The Labute approximate surface area is 111 Å². The molecule has 2 unspecified atom stereocenters. The van der Waals surface area contributed by atoms with Crippen molar-refractivity contribution < 1.29 is 14.7 Å². The number of carboxylic acid groups (broad SMARTS) is 1. The summed E-state index contributed by atoms with van der Waals surface area (Å²) >= 11 is 0. The second-order valence-electron chi connectivity index (χ2n) is 5.00. The first-order valence-electron chi connectivity index (χ1n) is 6.42. The van der Waals surface area contributed by atoms with Gasteiger partial charge in [-0.05, 0) is 18.4 Å². The summed E-state index contributed by atoms with van der Waals surface area (Å²) in [5.41, 5.74) is 2.30. The maximum absolute atomic E-state index is 12.4. The number of Topliss-reactive ketones (excluding diaryl/α,β-unsaturated/α-hetero) is 1. The van der Waals surface area contributed by atoms with Crippen LogP contribution in [0, 0.1) is 11.8 Å². The quantitative estimate of drug-likeness (QED) is 0.844. The van der Waals surface area contributed by atoms with Crippen LogP contribution in [0.1, 0.15) is 23.2 Å². The number of rotatable bonds is 3. The van der Waals surface area contributed by atoms with Gasteiger partial charge < -0.3 is 5.11 Å². The van der Waals surface area contributed by atoms with Gasteiger partial charge in [-0.1, -0.05) is 42.5 Å². The number of hydrogen-bond donors (Lipinski definition) is 1. The van der Waals surface area contributed by atoms with E-state index in [9.17, 15) is 9.59 Å². The number of carboxylic acids is 1. The van der Waals surface area contributed by atoms with E-state index >= 15 is 0 Å². The van der Waals surface area contributed by atoms with E-state index in [1.54, 1.807) is 18.2 Å². The molecule has 1 aromatic carbocycles. The molecule has 2 atom stereocenters. The highest BCUT2D eigenvalue weighted by Crippen LogP contribution is 2.45. The van der Waals surface area contributed by atoms with Gasteiger partial charge in [0.05, 0.1) is 5.92 Å². The van der Waals surface area contributed by atoms with Crippen LogP contribution in [0.5, 0.6) is 0 Å². The number of aliphatic carboxylic acids is 1. The molecular formula is C16H14O3. The molecule has 3 rings (SSSR count). The van der Waals surface area contributed by atoms with Gasteiger partial charge in [-0.3, -0.25) is 9.59 Å². The highest BCUT2D eigenvalue weighted by molar-refractivity contribution is 6.10. The van der Waals surface area contributed by atoms with Crippen LogP contribution in [0.3, 0.4) is 0 Å². The van der Waals surface area contributed by atoms with Gasteiger partial charge in [0.2, 0.25) is 0 Å². The maximum Gasteiger partial charge on any atom is 0.310 e. The molecule has 1 N–H and O–H groups in total. The summed E-state index contributed by atoms with van der Waals surface area (Å²) in [4.78, 5) is 23.6. The average molecular weight is 254 g/mol. The third-order valence-electron chi connectivity index (χ3n) is 3.98. The summed E-state index contributed by atoms with van der Waals surface area (Å²) in [6.07, 6.45) is 5.01. The fourth-order valence-electron chi connectivity index (χ4n) is 3.04. The predicted octanol–water partition coefficient (Wildman–Crippen LogP) is 2.85. The van der Waals surface area contributed by atoms with Crippen molar-refractivity contribution in [2.45, 2.75) is 12.8 Å². The summed E-state index contributed by atoms with van der Waals surface area (Å²) in [5, 5.41) is 9.15. The second-order valence-corrected chi connectivity index (χ2v) is 5.00. The van der Waals surface area contributed by atoms with Crippen LogP contribution in [0.4, 0.5) is 0 Å². The van der Waals surface area contributed by atoms with Gasteiger partial charge in [-0.25, -0.2) is 0 Å². The summed E-state index contributed by atoms with van der Waals surface area (Å²) in [6, 6.07) is 9.15. The molecule has 0 radical (unpaired) electrons. The molecule has 0 aromatic heterocycles. The Morgan fingerprint density at radius 1 is 1.05 bits per heavy atom. The minimum Gasteiger partial charge on any atom is -0.481 e. The molecule has 0 heterocycles. The fraction of sp³-hybridized carbons (Fsp3) is 0.250. The normalized spacial score (nSPS) is 24.6. The van der Waals surface area contributed by atoms with Crippen molar-refractivity contribution in [3.63, 3.8) is 0 Å². The largest absolute Gasteiger partial charge is 0.481 e. The van der Waals surface area contributed by atoms with Crippen molar-refractivity contribution in [1.82, 2.24) is 0 Å². The van der Waals surface area contributed by atoms with E-state index in [0.29, 0.717) is 12.0 Å². The number of benzene rings is 1. The Morgan fingerprint density at radius 3 is 2.47 bits per heavy atom. The molecule has 0 aliphatic heterocycles. The highest BCUT2D eigenvalue weighted by Gasteiger charge is 2.40. The topological polar surface area (TPSA) is 54.4 Å². The van der Waals surface area contributed by atoms with Crippen molar-refractivity contribution in [3.05, 3.63) is 59.2 Å². The number of hydrogen-bond acceptors (Lipinski definition) is 2. The van der Waals surface area contributed by atoms with Crippen LogP contribution >= 0.6 is 0 Å². The Balaban J connectivity index is 1.84. The van der Waals surface area contributed by atoms with E-state index in [0.717, 1.165) is 17.6 Å². The number of carbonyl (C=O) groups excluding carboxylic acids is 1. The molecule has 3 heteroatoms. The average Bonchev–Trinajstić information content (AvgIpc) is 2.99. The van der Waals surface area contributed by atoms with Crippen LogP contribution in [0.15, 0.2) is 53.6 Å². The first-order chi connectivity index (χ1) is 9.18. The molecular weight excluding hydrogens is 240 g/mol. The van der Waals surface area contributed by atoms with Crippen molar-refractivity contribution >= 4 is 11.8 Å². The van der Waals surface area contributed by atoms with E-state index in [4.69, 9.17) is 5.11 Å². The molecule has 2 aliphatic rings. The number of carbonyl (C=O) groups is 2. The molecule has 19 heavy (non-hydrogen) atoms. The number of fused-ring (bicyclic) bond motifs is 1. The minimum absolute atomic E-state index is 0.00815. The standard InChI is InChI=1S/C16H14O3/c17-15(10-4-2-1-3-5-10)13-8-6-12-11(13)7-9-14(12)16(18)19/h1-6,8,11,14H,7,9H2,(H,18,19). The first-order valence-corrected chi connectivity index (χ1v) is 6.42. The van der Waals surface area contributed by atoms with Gasteiger partial charge in [0.25, 0.3) is 0 Å². The fourth-order valence-corrected chi connectivity index (χ4v) is 3.04. The Kier molecular flexibility index (Phi) is 2.82. The van der Waals surface area contributed by atoms with Crippen LogP contribution in [-0.2, 0) is 4.79 Å². The van der Waals surface area contributed by atoms with Crippen LogP contribution < -0.4 is 0 Å². The molecule has 0 bridgehead atoms. The molecule has 1 aromatic rings. The van der Waals surface area contributed by atoms with Crippen molar-refractivity contribution in [2.75, 3.05) is 0 Å². The van der Waals surface area contributed by atoms with Crippen molar-refractivity contribution in [1.29, 1.82) is 0 Å². The molecule has 2 aliphatic carbocycles. The minimum atomic E-state index is -0.782. The lowest BCUT2D eigenvalue weighted by Gasteiger charge is -2.12. The molecule has 0 amide bonds. The first kappa shape index (κ1) is 11.9. The monoisotopic (exact) mass is 254 g/mol. The van der Waals surface area contributed by atoms with Crippen molar-refractivity contribution in [2.24, 2.45) is 11.8 Å². The number of allylic oxidation sites excluding steroid dienone is 3. The van der Waals surface area contributed by atoms with Gasteiger partial charge in [0, 0.05) is 17.1 Å². The van der Waals surface area contributed by atoms with Crippen LogP contribution in [0.2, 0.25) is 0 Å². The summed E-state index contributed by atoms with van der Waals surface area (Å²) in [7, 11) is 0. The lowest BCUT2D eigenvalue weighted by Crippen LogP contribution is -2.14. The van der Waals surface area contributed by atoms with E-state index in [1.807, 2.05) is 24.3 Å². The molecule has 3 nitrogen and oxygen atoms in total. The lowest BCUT2D eigenvalue weighted by atomic mass is 9.90. The highest BCUT2D eigenvalue weighted by atomic mass is 16.4. The van der Waals surface area contributed by atoms with Gasteiger partial charge >= 0.3 is 5.97 Å². The lowest BCUT2D eigenvalue weighted by molar-refractivity contribution is -0.140. The molecule has 96 valence electrons. The van der Waals surface area contributed by atoms with Gasteiger partial charge in [0.15, 0.2) is 5.78 Å².